The summed E-state index contributed by atoms with van der Waals surface area (Å²) >= 11 is 0. The van der Waals surface area contributed by atoms with E-state index in [2.05, 4.69) is 5.10 Å². The molecule has 0 spiro atoms. The first-order valence-corrected chi connectivity index (χ1v) is 9.76. The number of piperazine rings is 1. The minimum absolute atomic E-state index is 0.197. The maximum atomic E-state index is 13.2. The Morgan fingerprint density at radius 3 is 2.06 bits per heavy atom. The summed E-state index contributed by atoms with van der Waals surface area (Å²) in [5.74, 6) is -0.572. The average Bonchev–Trinajstić information content (AvgIpc) is 3.15. The Balaban J connectivity index is 1.46. The molecule has 3 aromatic rings. The molecule has 0 saturated carbocycles. The lowest BCUT2D eigenvalue weighted by molar-refractivity contribution is -0.137. The number of hydrogen-bond acceptors (Lipinski definition) is 3. The number of benzene rings is 2. The molecule has 1 aliphatic heterocycles. The lowest BCUT2D eigenvalue weighted by atomic mass is 10.1. The Morgan fingerprint density at radius 2 is 1.48 bits per heavy atom. The van der Waals surface area contributed by atoms with Crippen molar-refractivity contribution in [3.05, 3.63) is 77.4 Å². The molecule has 2 heterocycles. The van der Waals surface area contributed by atoms with Gasteiger partial charge in [-0.05, 0) is 61.5 Å². The second kappa shape index (κ2) is 8.05. The highest BCUT2D eigenvalue weighted by molar-refractivity contribution is 5.93. The highest BCUT2D eigenvalue weighted by Crippen LogP contribution is 2.30. The molecule has 2 aromatic carbocycles. The van der Waals surface area contributed by atoms with Crippen molar-refractivity contribution in [3.63, 3.8) is 0 Å². The van der Waals surface area contributed by atoms with Crippen molar-refractivity contribution in [2.24, 2.45) is 0 Å². The summed E-state index contributed by atoms with van der Waals surface area (Å²) in [6, 6.07) is 12.5. The fourth-order valence-corrected chi connectivity index (χ4v) is 3.62. The summed E-state index contributed by atoms with van der Waals surface area (Å²) < 4.78 is 53.0. The summed E-state index contributed by atoms with van der Waals surface area (Å²) in [7, 11) is 0. The van der Waals surface area contributed by atoms with E-state index in [4.69, 9.17) is 0 Å². The van der Waals surface area contributed by atoms with Crippen LogP contribution >= 0.6 is 0 Å². The highest BCUT2D eigenvalue weighted by Gasteiger charge is 2.31. The fourth-order valence-electron chi connectivity index (χ4n) is 3.62. The molecule has 1 aliphatic rings. The number of carbonyl (C=O) groups excluding carboxylic acids is 1. The van der Waals surface area contributed by atoms with Crippen LogP contribution in [0.3, 0.4) is 0 Å². The summed E-state index contributed by atoms with van der Waals surface area (Å²) in [5.41, 5.74) is 1.63. The van der Waals surface area contributed by atoms with Gasteiger partial charge in [0.15, 0.2) is 0 Å². The van der Waals surface area contributed by atoms with Gasteiger partial charge in [-0.25, -0.2) is 9.07 Å². The van der Waals surface area contributed by atoms with Crippen LogP contribution < -0.4 is 4.90 Å². The fraction of sp³-hybridized carbons (Fsp3) is 0.273. The van der Waals surface area contributed by atoms with Crippen molar-refractivity contribution in [2.45, 2.75) is 13.1 Å². The molecule has 1 fully saturated rings. The zero-order valence-electron chi connectivity index (χ0n) is 16.7. The molecule has 5 nitrogen and oxygen atoms in total. The lowest BCUT2D eigenvalue weighted by Crippen LogP contribution is -2.49. The number of alkyl halides is 3. The zero-order valence-corrected chi connectivity index (χ0v) is 16.7. The molecular formula is C22H20F4N4O. The summed E-state index contributed by atoms with van der Waals surface area (Å²) in [6.07, 6.45) is -4.37. The van der Waals surface area contributed by atoms with Crippen LogP contribution in [0.25, 0.3) is 5.69 Å². The second-order valence-corrected chi connectivity index (χ2v) is 7.38. The predicted octanol–water partition coefficient (Wildman–Crippen LogP) is 4.30. The van der Waals surface area contributed by atoms with Gasteiger partial charge in [0.25, 0.3) is 5.91 Å². The molecule has 162 valence electrons. The number of amides is 1. The molecule has 0 aliphatic carbocycles. The van der Waals surface area contributed by atoms with Gasteiger partial charge in [-0.15, -0.1) is 0 Å². The summed E-state index contributed by atoms with van der Waals surface area (Å²) in [6.45, 7) is 3.63. The van der Waals surface area contributed by atoms with Crippen molar-refractivity contribution in [1.29, 1.82) is 0 Å². The van der Waals surface area contributed by atoms with Gasteiger partial charge < -0.3 is 9.80 Å². The maximum Gasteiger partial charge on any atom is 0.416 e. The van der Waals surface area contributed by atoms with E-state index >= 15 is 0 Å². The minimum atomic E-state index is -4.37. The minimum Gasteiger partial charge on any atom is -0.368 e. The van der Waals surface area contributed by atoms with Gasteiger partial charge in [0.1, 0.15) is 11.5 Å². The number of rotatable bonds is 3. The van der Waals surface area contributed by atoms with Gasteiger partial charge in [0.05, 0.1) is 16.9 Å². The van der Waals surface area contributed by atoms with Gasteiger partial charge in [0, 0.05) is 31.9 Å². The Labute approximate surface area is 176 Å². The summed E-state index contributed by atoms with van der Waals surface area (Å²) in [5, 5.41) is 4.36. The third kappa shape index (κ3) is 4.40. The van der Waals surface area contributed by atoms with Crippen LogP contribution in [0, 0.1) is 12.7 Å². The second-order valence-electron chi connectivity index (χ2n) is 7.38. The van der Waals surface area contributed by atoms with Crippen molar-refractivity contribution < 1.29 is 22.4 Å². The van der Waals surface area contributed by atoms with E-state index in [0.29, 0.717) is 48.9 Å². The number of nitrogens with zero attached hydrogens (tertiary/aromatic N) is 4. The standard InChI is InChI=1S/C22H20F4N4O/c1-15-14-20(30(27-15)19-8-4-17(23)5-9-19)21(31)29-12-10-28(11-13-29)18-6-2-16(3-7-18)22(24,25)26/h2-9,14H,10-13H2,1H3. The molecule has 0 radical (unpaired) electrons. The smallest absolute Gasteiger partial charge is 0.368 e. The molecule has 0 bridgehead atoms. The van der Waals surface area contributed by atoms with E-state index < -0.39 is 11.7 Å². The normalized spacial score (nSPS) is 14.7. The SMILES string of the molecule is Cc1cc(C(=O)N2CCN(c3ccc(C(F)(F)F)cc3)CC2)n(-c2ccc(F)cc2)n1. The Kier molecular flexibility index (Phi) is 5.43. The van der Waals surface area contributed by atoms with E-state index in [1.54, 1.807) is 30.0 Å². The van der Waals surface area contributed by atoms with Gasteiger partial charge >= 0.3 is 6.18 Å². The Bertz CT molecular complexity index is 1070. The van der Waals surface area contributed by atoms with Crippen LogP contribution in [0.1, 0.15) is 21.7 Å². The molecule has 0 atom stereocenters. The van der Waals surface area contributed by atoms with Gasteiger partial charge in [-0.2, -0.15) is 18.3 Å². The molecule has 31 heavy (non-hydrogen) atoms. The maximum absolute atomic E-state index is 13.2. The Morgan fingerprint density at radius 1 is 0.903 bits per heavy atom. The zero-order chi connectivity index (χ0) is 22.2. The molecule has 9 heteroatoms. The van der Waals surface area contributed by atoms with E-state index in [9.17, 15) is 22.4 Å². The molecule has 0 N–H and O–H groups in total. The predicted molar refractivity (Wildman–Crippen MR) is 108 cm³/mol. The number of aromatic nitrogens is 2. The quantitative estimate of drug-likeness (QED) is 0.580. The number of carbonyl (C=O) groups is 1. The topological polar surface area (TPSA) is 41.4 Å². The number of halogens is 4. The number of aryl methyl sites for hydroxylation is 1. The third-order valence-corrected chi connectivity index (χ3v) is 5.25. The van der Waals surface area contributed by atoms with Crippen molar-refractivity contribution in [2.75, 3.05) is 31.1 Å². The molecule has 1 saturated heterocycles. The van der Waals surface area contributed by atoms with Crippen molar-refractivity contribution in [1.82, 2.24) is 14.7 Å². The van der Waals surface area contributed by atoms with E-state index in [-0.39, 0.29) is 11.7 Å². The van der Waals surface area contributed by atoms with E-state index in [0.717, 1.165) is 12.1 Å². The van der Waals surface area contributed by atoms with Crippen LogP contribution in [0.2, 0.25) is 0 Å². The first-order valence-electron chi connectivity index (χ1n) is 9.76. The molecule has 0 unspecified atom stereocenters. The first-order chi connectivity index (χ1) is 14.7. The lowest BCUT2D eigenvalue weighted by Gasteiger charge is -2.36. The van der Waals surface area contributed by atoms with Gasteiger partial charge in [-0.1, -0.05) is 0 Å². The van der Waals surface area contributed by atoms with Crippen molar-refractivity contribution in [3.8, 4) is 5.69 Å². The highest BCUT2D eigenvalue weighted by atomic mass is 19.4. The van der Waals surface area contributed by atoms with Crippen LogP contribution in [-0.2, 0) is 6.18 Å². The number of hydrogen-bond donors (Lipinski definition) is 0. The average molecular weight is 432 g/mol. The summed E-state index contributed by atoms with van der Waals surface area (Å²) in [4.78, 5) is 16.8. The first kappa shape index (κ1) is 20.9. The van der Waals surface area contributed by atoms with Gasteiger partial charge in [0.2, 0.25) is 0 Å². The Hall–Kier alpha value is -3.36. The third-order valence-electron chi connectivity index (χ3n) is 5.25. The van der Waals surface area contributed by atoms with Crippen LogP contribution in [-0.4, -0.2) is 46.8 Å². The molecule has 1 amide bonds. The van der Waals surface area contributed by atoms with Crippen LogP contribution in [0.4, 0.5) is 23.2 Å². The van der Waals surface area contributed by atoms with E-state index in [1.165, 1.54) is 28.9 Å². The largest absolute Gasteiger partial charge is 0.416 e. The molecule has 4 rings (SSSR count). The van der Waals surface area contributed by atoms with Crippen molar-refractivity contribution >= 4 is 11.6 Å². The monoisotopic (exact) mass is 432 g/mol. The molecular weight excluding hydrogens is 412 g/mol. The number of anilines is 1. The van der Waals surface area contributed by atoms with E-state index in [1.807, 2.05) is 4.90 Å². The van der Waals surface area contributed by atoms with Crippen LogP contribution in [0.5, 0.6) is 0 Å². The van der Waals surface area contributed by atoms with Crippen LogP contribution in [0.15, 0.2) is 54.6 Å². The van der Waals surface area contributed by atoms with Gasteiger partial charge in [-0.3, -0.25) is 4.79 Å². The molecule has 1 aromatic heterocycles.